The topological polar surface area (TPSA) is 30.2 Å². The number of fused-ring (bicyclic) bond motifs is 1. The van der Waals surface area contributed by atoms with Crippen LogP contribution in [0.25, 0.3) is 11.0 Å². The van der Waals surface area contributed by atoms with Crippen molar-refractivity contribution < 1.29 is 4.42 Å². The number of aryl methyl sites for hydroxylation is 2. The Morgan fingerprint density at radius 1 is 1.13 bits per heavy atom. The summed E-state index contributed by atoms with van der Waals surface area (Å²) in [6.45, 7) is 4.20. The smallest absolute Gasteiger partial charge is 0.336 e. The predicted octanol–water partition coefficient (Wildman–Crippen LogP) is 2.92. The summed E-state index contributed by atoms with van der Waals surface area (Å²) in [5, 5.41) is 1.02. The van der Waals surface area contributed by atoms with Crippen LogP contribution in [0.15, 0.2) is 33.5 Å². The van der Waals surface area contributed by atoms with Gasteiger partial charge in [-0.05, 0) is 36.1 Å². The van der Waals surface area contributed by atoms with Crippen molar-refractivity contribution in [2.24, 2.45) is 0 Å². The Morgan fingerprint density at radius 2 is 1.93 bits per heavy atom. The molecule has 2 rings (SSSR count). The molecule has 0 radical (unpaired) electrons. The van der Waals surface area contributed by atoms with Gasteiger partial charge in [-0.25, -0.2) is 4.79 Å². The molecule has 0 fully saturated rings. The number of rotatable bonds is 2. The van der Waals surface area contributed by atoms with Gasteiger partial charge >= 0.3 is 5.63 Å². The van der Waals surface area contributed by atoms with Gasteiger partial charge in [0.2, 0.25) is 0 Å². The fourth-order valence-electron chi connectivity index (χ4n) is 1.79. The van der Waals surface area contributed by atoms with Gasteiger partial charge < -0.3 is 4.42 Å². The second kappa shape index (κ2) is 3.89. The van der Waals surface area contributed by atoms with E-state index in [0.29, 0.717) is 0 Å². The van der Waals surface area contributed by atoms with Crippen LogP contribution in [0.5, 0.6) is 0 Å². The van der Waals surface area contributed by atoms with Crippen LogP contribution in [0.4, 0.5) is 0 Å². The minimum Gasteiger partial charge on any atom is -0.422 e. The van der Waals surface area contributed by atoms with Crippen LogP contribution in [-0.2, 0) is 12.8 Å². The van der Waals surface area contributed by atoms with Crippen LogP contribution in [0, 0.1) is 0 Å². The molecule has 0 unspecified atom stereocenters. The molecule has 0 bridgehead atoms. The molecule has 15 heavy (non-hydrogen) atoms. The summed E-state index contributed by atoms with van der Waals surface area (Å²) in [6, 6.07) is 7.50. The molecule has 0 saturated heterocycles. The van der Waals surface area contributed by atoms with Crippen molar-refractivity contribution in [3.05, 3.63) is 45.8 Å². The lowest BCUT2D eigenvalue weighted by Gasteiger charge is -2.05. The van der Waals surface area contributed by atoms with Crippen LogP contribution in [0.2, 0.25) is 0 Å². The highest BCUT2D eigenvalue weighted by Gasteiger charge is 2.04. The lowest BCUT2D eigenvalue weighted by Crippen LogP contribution is -1.97. The van der Waals surface area contributed by atoms with Gasteiger partial charge in [-0.1, -0.05) is 19.9 Å². The van der Waals surface area contributed by atoms with E-state index in [-0.39, 0.29) is 5.63 Å². The summed E-state index contributed by atoms with van der Waals surface area (Å²) < 4.78 is 5.23. The quantitative estimate of drug-likeness (QED) is 0.701. The monoisotopic (exact) mass is 202 g/mol. The Balaban J connectivity index is 2.80. The van der Waals surface area contributed by atoms with Gasteiger partial charge in [0.15, 0.2) is 0 Å². The summed E-state index contributed by atoms with van der Waals surface area (Å²) in [5.41, 5.74) is 2.86. The molecule has 1 heterocycles. The number of hydrogen-bond donors (Lipinski definition) is 0. The predicted molar refractivity (Wildman–Crippen MR) is 61.2 cm³/mol. The molecule has 0 N–H and O–H groups in total. The van der Waals surface area contributed by atoms with Crippen molar-refractivity contribution in [3.63, 3.8) is 0 Å². The molecule has 0 aliphatic carbocycles. The van der Waals surface area contributed by atoms with Crippen LogP contribution in [-0.4, -0.2) is 0 Å². The van der Waals surface area contributed by atoms with Crippen LogP contribution in [0.3, 0.4) is 0 Å². The van der Waals surface area contributed by atoms with E-state index in [2.05, 4.69) is 26.0 Å². The standard InChI is InChI=1S/C13H14O2/c1-3-9-7-10(4-2)13-11(8-9)5-6-12(14)15-13/h5-8H,3-4H2,1-2H3. The first-order valence-corrected chi connectivity index (χ1v) is 5.30. The average Bonchev–Trinajstić information content (AvgIpc) is 2.27. The van der Waals surface area contributed by atoms with Gasteiger partial charge in [0, 0.05) is 11.5 Å². The minimum absolute atomic E-state index is 0.276. The molecule has 2 aromatic rings. The van der Waals surface area contributed by atoms with E-state index in [0.717, 1.165) is 29.4 Å². The van der Waals surface area contributed by atoms with Crippen molar-refractivity contribution in [1.82, 2.24) is 0 Å². The van der Waals surface area contributed by atoms with E-state index < -0.39 is 0 Å². The Bertz CT molecular complexity index is 538. The molecule has 0 spiro atoms. The van der Waals surface area contributed by atoms with Crippen LogP contribution >= 0.6 is 0 Å². The second-order valence-electron chi connectivity index (χ2n) is 3.63. The van der Waals surface area contributed by atoms with E-state index in [4.69, 9.17) is 4.42 Å². The summed E-state index contributed by atoms with van der Waals surface area (Å²) in [4.78, 5) is 11.1. The summed E-state index contributed by atoms with van der Waals surface area (Å²) in [6.07, 6.45) is 1.89. The second-order valence-corrected chi connectivity index (χ2v) is 3.63. The molecule has 2 nitrogen and oxygen atoms in total. The minimum atomic E-state index is -0.276. The van der Waals surface area contributed by atoms with Crippen LogP contribution < -0.4 is 5.63 Å². The molecule has 0 aliphatic heterocycles. The maximum Gasteiger partial charge on any atom is 0.336 e. The van der Waals surface area contributed by atoms with E-state index >= 15 is 0 Å². The van der Waals surface area contributed by atoms with Crippen molar-refractivity contribution in [1.29, 1.82) is 0 Å². The summed E-state index contributed by atoms with van der Waals surface area (Å²) in [7, 11) is 0. The van der Waals surface area contributed by atoms with Gasteiger partial charge in [-0.15, -0.1) is 0 Å². The Labute approximate surface area is 88.5 Å². The van der Waals surface area contributed by atoms with Crippen molar-refractivity contribution >= 4 is 11.0 Å². The van der Waals surface area contributed by atoms with E-state index in [9.17, 15) is 4.79 Å². The lowest BCUT2D eigenvalue weighted by atomic mass is 10.0. The van der Waals surface area contributed by atoms with Crippen molar-refractivity contribution in [3.8, 4) is 0 Å². The molecule has 1 aromatic heterocycles. The zero-order valence-electron chi connectivity index (χ0n) is 9.04. The molecule has 2 heteroatoms. The Kier molecular flexibility index (Phi) is 2.58. The Hall–Kier alpha value is -1.57. The molecule has 0 saturated carbocycles. The number of benzene rings is 1. The highest BCUT2D eigenvalue weighted by molar-refractivity contribution is 5.80. The zero-order valence-corrected chi connectivity index (χ0v) is 9.04. The maximum atomic E-state index is 11.1. The van der Waals surface area contributed by atoms with Gasteiger partial charge in [-0.3, -0.25) is 0 Å². The number of hydrogen-bond acceptors (Lipinski definition) is 2. The van der Waals surface area contributed by atoms with Crippen molar-refractivity contribution in [2.45, 2.75) is 26.7 Å². The van der Waals surface area contributed by atoms with Crippen molar-refractivity contribution in [2.75, 3.05) is 0 Å². The molecule has 0 amide bonds. The molecule has 78 valence electrons. The van der Waals surface area contributed by atoms with Gasteiger partial charge in [0.25, 0.3) is 0 Å². The lowest BCUT2D eigenvalue weighted by molar-refractivity contribution is 0.557. The molecule has 0 aliphatic rings. The normalized spacial score (nSPS) is 10.8. The third-order valence-corrected chi connectivity index (χ3v) is 2.65. The fraction of sp³-hybridized carbons (Fsp3) is 0.308. The largest absolute Gasteiger partial charge is 0.422 e. The average molecular weight is 202 g/mol. The molecular weight excluding hydrogens is 188 g/mol. The van der Waals surface area contributed by atoms with Gasteiger partial charge in [-0.2, -0.15) is 0 Å². The highest BCUT2D eigenvalue weighted by Crippen LogP contribution is 2.20. The fourth-order valence-corrected chi connectivity index (χ4v) is 1.79. The SMILES string of the molecule is CCc1cc(CC)c2oc(=O)ccc2c1. The molecule has 1 aromatic carbocycles. The molecular formula is C13H14O2. The van der Waals surface area contributed by atoms with Gasteiger partial charge in [0.1, 0.15) is 5.58 Å². The van der Waals surface area contributed by atoms with Gasteiger partial charge in [0.05, 0.1) is 0 Å². The first kappa shape index (κ1) is 9.97. The first-order valence-electron chi connectivity index (χ1n) is 5.30. The third-order valence-electron chi connectivity index (χ3n) is 2.65. The maximum absolute atomic E-state index is 11.1. The third kappa shape index (κ3) is 1.80. The van der Waals surface area contributed by atoms with E-state index in [1.165, 1.54) is 11.6 Å². The van der Waals surface area contributed by atoms with E-state index in [1.54, 1.807) is 0 Å². The van der Waals surface area contributed by atoms with E-state index in [1.807, 2.05) is 6.07 Å². The summed E-state index contributed by atoms with van der Waals surface area (Å²) in [5.74, 6) is 0. The Morgan fingerprint density at radius 3 is 2.60 bits per heavy atom. The zero-order chi connectivity index (χ0) is 10.8. The highest BCUT2D eigenvalue weighted by atomic mass is 16.4. The summed E-state index contributed by atoms with van der Waals surface area (Å²) >= 11 is 0. The molecule has 0 atom stereocenters. The first-order chi connectivity index (χ1) is 7.24. The van der Waals surface area contributed by atoms with Crippen LogP contribution in [0.1, 0.15) is 25.0 Å².